The number of rotatable bonds is 8. The lowest BCUT2D eigenvalue weighted by molar-refractivity contribution is -0.141. The number of methoxy groups -OCH3 is 1. The van der Waals surface area contributed by atoms with Gasteiger partial charge in [0.1, 0.15) is 6.04 Å². The van der Waals surface area contributed by atoms with Gasteiger partial charge in [-0.05, 0) is 18.1 Å². The Bertz CT molecular complexity index is 782. The van der Waals surface area contributed by atoms with Crippen LogP contribution in [0.4, 0.5) is 8.78 Å². The number of benzene rings is 1. The first-order chi connectivity index (χ1) is 13.0. The van der Waals surface area contributed by atoms with Gasteiger partial charge in [-0.1, -0.05) is 13.8 Å². The summed E-state index contributed by atoms with van der Waals surface area (Å²) in [5.41, 5.74) is 5.04. The standard InChI is InChI=1S/C18H22F2N2O6/c1-8(2)15(21)18(26)22-12(7-13(24)27-4)16(25)10-5-6-11(19)17(14(10)20)28-9(3)23/h5-6,8,12,15H,7,21H2,1-4H3,(H,22,26)/t12-,15-/m0/s1. The number of halogens is 2. The number of carbonyl (C=O) groups excluding carboxylic acids is 4. The number of esters is 2. The zero-order valence-corrected chi connectivity index (χ0v) is 15.9. The van der Waals surface area contributed by atoms with E-state index in [-0.39, 0.29) is 5.92 Å². The summed E-state index contributed by atoms with van der Waals surface area (Å²) in [4.78, 5) is 47.6. The lowest BCUT2D eigenvalue weighted by Crippen LogP contribution is -2.51. The summed E-state index contributed by atoms with van der Waals surface area (Å²) in [5.74, 6) is -7.57. The van der Waals surface area contributed by atoms with E-state index in [2.05, 4.69) is 14.8 Å². The molecule has 0 aliphatic heterocycles. The summed E-state index contributed by atoms with van der Waals surface area (Å²) in [5, 5.41) is 2.28. The van der Waals surface area contributed by atoms with Crippen LogP contribution in [0.1, 0.15) is 37.6 Å². The zero-order valence-electron chi connectivity index (χ0n) is 15.9. The van der Waals surface area contributed by atoms with Gasteiger partial charge >= 0.3 is 11.9 Å². The second-order valence-electron chi connectivity index (χ2n) is 6.31. The minimum atomic E-state index is -1.52. The predicted molar refractivity (Wildman–Crippen MR) is 93.4 cm³/mol. The molecule has 0 radical (unpaired) electrons. The molecule has 10 heteroatoms. The molecule has 0 aromatic heterocycles. The second-order valence-corrected chi connectivity index (χ2v) is 6.31. The van der Waals surface area contributed by atoms with Crippen LogP contribution in [0.3, 0.4) is 0 Å². The van der Waals surface area contributed by atoms with E-state index in [1.807, 2.05) is 0 Å². The van der Waals surface area contributed by atoms with Crippen molar-refractivity contribution in [2.75, 3.05) is 7.11 Å². The molecule has 0 bridgehead atoms. The largest absolute Gasteiger partial charge is 0.469 e. The Kier molecular flexibility index (Phi) is 8.17. The van der Waals surface area contributed by atoms with Gasteiger partial charge < -0.3 is 20.5 Å². The highest BCUT2D eigenvalue weighted by Crippen LogP contribution is 2.26. The van der Waals surface area contributed by atoms with Crippen LogP contribution >= 0.6 is 0 Å². The van der Waals surface area contributed by atoms with E-state index in [0.29, 0.717) is 0 Å². The van der Waals surface area contributed by atoms with Crippen molar-refractivity contribution in [1.29, 1.82) is 0 Å². The van der Waals surface area contributed by atoms with Gasteiger partial charge in [0.2, 0.25) is 11.7 Å². The highest BCUT2D eigenvalue weighted by atomic mass is 19.1. The summed E-state index contributed by atoms with van der Waals surface area (Å²) in [6.07, 6.45) is -0.606. The second kappa shape index (κ2) is 9.88. The van der Waals surface area contributed by atoms with E-state index in [1.54, 1.807) is 13.8 Å². The molecule has 2 atom stereocenters. The fourth-order valence-corrected chi connectivity index (χ4v) is 2.18. The van der Waals surface area contributed by atoms with Gasteiger partial charge in [-0.2, -0.15) is 0 Å². The molecular weight excluding hydrogens is 378 g/mol. The number of nitrogens with one attached hydrogen (secondary N) is 1. The molecule has 28 heavy (non-hydrogen) atoms. The third kappa shape index (κ3) is 5.81. The normalized spacial score (nSPS) is 12.9. The molecule has 1 aromatic carbocycles. The molecule has 8 nitrogen and oxygen atoms in total. The fraction of sp³-hybridized carbons (Fsp3) is 0.444. The number of Topliss-reactive ketones (excluding diaryl/α,β-unsaturated/α-hetero) is 1. The highest BCUT2D eigenvalue weighted by Gasteiger charge is 2.31. The maximum absolute atomic E-state index is 14.6. The predicted octanol–water partition coefficient (Wildman–Crippen LogP) is 1.10. The Labute approximate surface area is 160 Å². The van der Waals surface area contributed by atoms with Gasteiger partial charge in [0.25, 0.3) is 0 Å². The van der Waals surface area contributed by atoms with Crippen LogP contribution < -0.4 is 15.8 Å². The van der Waals surface area contributed by atoms with Crippen molar-refractivity contribution in [2.24, 2.45) is 11.7 Å². The molecule has 0 saturated carbocycles. The summed E-state index contributed by atoms with van der Waals surface area (Å²) in [7, 11) is 1.07. The molecule has 154 valence electrons. The van der Waals surface area contributed by atoms with Gasteiger partial charge in [0.15, 0.2) is 17.4 Å². The third-order valence-corrected chi connectivity index (χ3v) is 3.81. The maximum Gasteiger partial charge on any atom is 0.308 e. The van der Waals surface area contributed by atoms with Crippen molar-refractivity contribution in [3.05, 3.63) is 29.3 Å². The summed E-state index contributed by atoms with van der Waals surface area (Å²) in [6, 6.07) is -0.956. The molecule has 0 aliphatic carbocycles. The summed E-state index contributed by atoms with van der Waals surface area (Å²) >= 11 is 0. The number of hydrogen-bond donors (Lipinski definition) is 2. The van der Waals surface area contributed by atoms with Crippen LogP contribution in [0.15, 0.2) is 12.1 Å². The molecule has 0 unspecified atom stereocenters. The average molecular weight is 400 g/mol. The smallest absolute Gasteiger partial charge is 0.308 e. The lowest BCUT2D eigenvalue weighted by Gasteiger charge is -2.21. The minimum Gasteiger partial charge on any atom is -0.469 e. The van der Waals surface area contributed by atoms with Crippen molar-refractivity contribution in [1.82, 2.24) is 5.32 Å². The first-order valence-electron chi connectivity index (χ1n) is 8.32. The highest BCUT2D eigenvalue weighted by molar-refractivity contribution is 6.04. The molecule has 1 aromatic rings. The zero-order chi connectivity index (χ0) is 21.6. The SMILES string of the molecule is COC(=O)C[C@H](NC(=O)[C@@H](N)C(C)C)C(=O)c1ccc(F)c(OC(C)=O)c1F. The maximum atomic E-state index is 14.6. The van der Waals surface area contributed by atoms with Crippen LogP contribution in [0.2, 0.25) is 0 Å². The number of ketones is 1. The fourth-order valence-electron chi connectivity index (χ4n) is 2.18. The number of ether oxygens (including phenoxy) is 2. The molecule has 1 rings (SSSR count). The number of amides is 1. The van der Waals surface area contributed by atoms with Crippen LogP contribution in [0, 0.1) is 17.6 Å². The number of nitrogens with two attached hydrogens (primary N) is 1. The number of carbonyl (C=O) groups is 4. The third-order valence-electron chi connectivity index (χ3n) is 3.81. The van der Waals surface area contributed by atoms with E-state index in [1.165, 1.54) is 0 Å². The average Bonchev–Trinajstić information content (AvgIpc) is 2.62. The molecular formula is C18H22F2N2O6. The van der Waals surface area contributed by atoms with Crippen LogP contribution in [0.5, 0.6) is 5.75 Å². The Hall–Kier alpha value is -2.88. The molecule has 0 fully saturated rings. The summed E-state index contributed by atoms with van der Waals surface area (Å²) < 4.78 is 37.2. The minimum absolute atomic E-state index is 0.271. The van der Waals surface area contributed by atoms with Crippen molar-refractivity contribution in [3.63, 3.8) is 0 Å². The van der Waals surface area contributed by atoms with Gasteiger partial charge in [-0.25, -0.2) is 8.78 Å². The topological polar surface area (TPSA) is 125 Å². The van der Waals surface area contributed by atoms with Crippen molar-refractivity contribution >= 4 is 23.6 Å². The quantitative estimate of drug-likeness (QED) is 0.380. The van der Waals surface area contributed by atoms with Crippen LogP contribution in [0.25, 0.3) is 0 Å². The van der Waals surface area contributed by atoms with E-state index < -0.39 is 65.1 Å². The summed E-state index contributed by atoms with van der Waals surface area (Å²) in [6.45, 7) is 4.28. The molecule has 0 saturated heterocycles. The lowest BCUT2D eigenvalue weighted by atomic mass is 9.98. The monoisotopic (exact) mass is 400 g/mol. The molecule has 1 amide bonds. The van der Waals surface area contributed by atoms with Crippen molar-refractivity contribution in [2.45, 2.75) is 39.3 Å². The van der Waals surface area contributed by atoms with Crippen molar-refractivity contribution in [3.8, 4) is 5.75 Å². The van der Waals surface area contributed by atoms with Gasteiger partial charge in [-0.15, -0.1) is 0 Å². The molecule has 0 aliphatic rings. The molecule has 0 heterocycles. The van der Waals surface area contributed by atoms with Crippen LogP contribution in [-0.2, 0) is 19.1 Å². The van der Waals surface area contributed by atoms with E-state index >= 15 is 0 Å². The van der Waals surface area contributed by atoms with E-state index in [0.717, 1.165) is 26.2 Å². The van der Waals surface area contributed by atoms with Gasteiger partial charge in [-0.3, -0.25) is 19.2 Å². The Morgan fingerprint density at radius 2 is 1.79 bits per heavy atom. The Balaban J connectivity index is 3.27. The first kappa shape index (κ1) is 23.2. The van der Waals surface area contributed by atoms with Gasteiger partial charge in [0.05, 0.1) is 25.1 Å². The van der Waals surface area contributed by atoms with E-state index in [9.17, 15) is 28.0 Å². The van der Waals surface area contributed by atoms with Crippen molar-refractivity contribution < 1.29 is 37.4 Å². The Morgan fingerprint density at radius 1 is 1.18 bits per heavy atom. The van der Waals surface area contributed by atoms with E-state index in [4.69, 9.17) is 5.73 Å². The van der Waals surface area contributed by atoms with Crippen LogP contribution in [-0.4, -0.2) is 42.8 Å². The van der Waals surface area contributed by atoms with Gasteiger partial charge in [0, 0.05) is 6.92 Å². The molecule has 0 spiro atoms. The Morgan fingerprint density at radius 3 is 2.29 bits per heavy atom. The molecule has 3 N–H and O–H groups in total. The first-order valence-corrected chi connectivity index (χ1v) is 8.32. The number of hydrogen-bond acceptors (Lipinski definition) is 7.